The summed E-state index contributed by atoms with van der Waals surface area (Å²) in [4.78, 5) is 15.8. The lowest BCUT2D eigenvalue weighted by atomic mass is 10.1. The lowest BCUT2D eigenvalue weighted by Crippen LogP contribution is -2.05. The van der Waals surface area contributed by atoms with Crippen LogP contribution in [0.2, 0.25) is 0 Å². The first-order valence-electron chi connectivity index (χ1n) is 5.58. The molecule has 5 nitrogen and oxygen atoms in total. The van der Waals surface area contributed by atoms with Crippen molar-refractivity contribution in [3.63, 3.8) is 0 Å². The van der Waals surface area contributed by atoms with Crippen LogP contribution in [0.1, 0.15) is 10.5 Å². The van der Waals surface area contributed by atoms with Crippen LogP contribution in [0.4, 0.5) is 0 Å². The molecular weight excluding hydrogens is 246 g/mol. The molecule has 5 heteroatoms. The van der Waals surface area contributed by atoms with Gasteiger partial charge in [0.05, 0.1) is 19.9 Å². The fourth-order valence-electron chi connectivity index (χ4n) is 1.61. The van der Waals surface area contributed by atoms with Gasteiger partial charge in [-0.05, 0) is 24.3 Å². The molecule has 0 amide bonds. The molecule has 1 aromatic carbocycles. The van der Waals surface area contributed by atoms with E-state index in [0.717, 1.165) is 5.56 Å². The molecule has 98 valence electrons. The molecule has 0 saturated carbocycles. The van der Waals surface area contributed by atoms with Crippen molar-refractivity contribution in [3.8, 4) is 22.8 Å². The minimum absolute atomic E-state index is 0.167. The zero-order chi connectivity index (χ0) is 13.8. The first-order valence-corrected chi connectivity index (χ1v) is 5.58. The second kappa shape index (κ2) is 5.39. The number of aromatic hydroxyl groups is 1. The van der Waals surface area contributed by atoms with Crippen molar-refractivity contribution in [1.82, 2.24) is 4.98 Å². The first-order chi connectivity index (χ1) is 9.13. The Labute approximate surface area is 110 Å². The van der Waals surface area contributed by atoms with Crippen LogP contribution in [0.5, 0.6) is 11.5 Å². The van der Waals surface area contributed by atoms with Crippen LogP contribution >= 0.6 is 0 Å². The molecule has 0 bridgehead atoms. The van der Waals surface area contributed by atoms with E-state index in [1.807, 2.05) is 0 Å². The normalized spacial score (nSPS) is 10.0. The molecule has 19 heavy (non-hydrogen) atoms. The molecule has 0 unspecified atom stereocenters. The summed E-state index contributed by atoms with van der Waals surface area (Å²) in [6, 6.07) is 9.73. The SMILES string of the molecule is COC(=O)c1cc(OC)cc(-c2ccc(O)cc2)n1. The highest BCUT2D eigenvalue weighted by Gasteiger charge is 2.12. The first kappa shape index (κ1) is 12.9. The molecule has 2 rings (SSSR count). The number of phenolic OH excluding ortho intramolecular Hbond substituents is 1. The molecule has 0 aliphatic heterocycles. The number of phenols is 1. The van der Waals surface area contributed by atoms with Crippen molar-refractivity contribution >= 4 is 5.97 Å². The van der Waals surface area contributed by atoms with E-state index in [-0.39, 0.29) is 11.4 Å². The summed E-state index contributed by atoms with van der Waals surface area (Å²) in [5.74, 6) is 0.150. The fourth-order valence-corrected chi connectivity index (χ4v) is 1.61. The molecule has 0 aliphatic carbocycles. The Bertz CT molecular complexity index is 593. The highest BCUT2D eigenvalue weighted by Crippen LogP contribution is 2.24. The molecule has 1 heterocycles. The van der Waals surface area contributed by atoms with Gasteiger partial charge in [-0.15, -0.1) is 0 Å². The van der Waals surface area contributed by atoms with Gasteiger partial charge in [0.1, 0.15) is 11.5 Å². The van der Waals surface area contributed by atoms with Crippen LogP contribution in [0.3, 0.4) is 0 Å². The van der Waals surface area contributed by atoms with Gasteiger partial charge in [-0.2, -0.15) is 0 Å². The van der Waals surface area contributed by atoms with E-state index in [2.05, 4.69) is 9.72 Å². The summed E-state index contributed by atoms with van der Waals surface area (Å²) in [6.07, 6.45) is 0. The smallest absolute Gasteiger partial charge is 0.356 e. The van der Waals surface area contributed by atoms with E-state index in [9.17, 15) is 9.90 Å². The Balaban J connectivity index is 2.50. The van der Waals surface area contributed by atoms with Crippen molar-refractivity contribution < 1.29 is 19.4 Å². The molecule has 1 aromatic heterocycles. The standard InChI is InChI=1S/C14H13NO4/c1-18-11-7-12(9-3-5-10(16)6-4-9)15-13(8-11)14(17)19-2/h3-8,16H,1-2H3. The topological polar surface area (TPSA) is 68.7 Å². The van der Waals surface area contributed by atoms with Crippen molar-refractivity contribution in [3.05, 3.63) is 42.1 Å². The number of methoxy groups -OCH3 is 2. The van der Waals surface area contributed by atoms with Gasteiger partial charge < -0.3 is 14.6 Å². The molecule has 0 fully saturated rings. The summed E-state index contributed by atoms with van der Waals surface area (Å²) < 4.78 is 9.79. The minimum Gasteiger partial charge on any atom is -0.508 e. The largest absolute Gasteiger partial charge is 0.508 e. The molecule has 0 saturated heterocycles. The maximum absolute atomic E-state index is 11.5. The van der Waals surface area contributed by atoms with Crippen LogP contribution in [0.15, 0.2) is 36.4 Å². The number of benzene rings is 1. The molecule has 1 N–H and O–H groups in total. The van der Waals surface area contributed by atoms with Crippen molar-refractivity contribution in [2.45, 2.75) is 0 Å². The monoisotopic (exact) mass is 259 g/mol. The van der Waals surface area contributed by atoms with E-state index < -0.39 is 5.97 Å². The fraction of sp³-hybridized carbons (Fsp3) is 0.143. The summed E-state index contributed by atoms with van der Waals surface area (Å²) in [6.45, 7) is 0. The van der Waals surface area contributed by atoms with Crippen LogP contribution < -0.4 is 4.74 Å². The maximum atomic E-state index is 11.5. The lowest BCUT2D eigenvalue weighted by Gasteiger charge is -2.07. The number of rotatable bonds is 3. The van der Waals surface area contributed by atoms with Crippen LogP contribution in [0, 0.1) is 0 Å². The molecule has 0 spiro atoms. The number of carbonyl (C=O) groups excluding carboxylic acids is 1. The van der Waals surface area contributed by atoms with Gasteiger partial charge in [-0.1, -0.05) is 0 Å². The summed E-state index contributed by atoms with van der Waals surface area (Å²) in [7, 11) is 2.81. The Morgan fingerprint density at radius 1 is 1.16 bits per heavy atom. The molecular formula is C14H13NO4. The Kier molecular flexibility index (Phi) is 3.66. The number of nitrogens with zero attached hydrogens (tertiary/aromatic N) is 1. The number of carbonyl (C=O) groups is 1. The zero-order valence-electron chi connectivity index (χ0n) is 10.6. The summed E-state index contributed by atoms with van der Waals surface area (Å²) >= 11 is 0. The number of hydrogen-bond donors (Lipinski definition) is 1. The third-order valence-electron chi connectivity index (χ3n) is 2.59. The van der Waals surface area contributed by atoms with Gasteiger partial charge in [0.2, 0.25) is 0 Å². The molecule has 0 atom stereocenters. The van der Waals surface area contributed by atoms with E-state index in [0.29, 0.717) is 11.4 Å². The van der Waals surface area contributed by atoms with Crippen LogP contribution in [0.25, 0.3) is 11.3 Å². The van der Waals surface area contributed by atoms with Gasteiger partial charge in [-0.3, -0.25) is 0 Å². The van der Waals surface area contributed by atoms with Crippen molar-refractivity contribution in [1.29, 1.82) is 0 Å². The highest BCUT2D eigenvalue weighted by atomic mass is 16.5. The van der Waals surface area contributed by atoms with Crippen LogP contribution in [-0.2, 0) is 4.74 Å². The lowest BCUT2D eigenvalue weighted by molar-refractivity contribution is 0.0593. The summed E-state index contributed by atoms with van der Waals surface area (Å²) in [5.41, 5.74) is 1.51. The average Bonchev–Trinajstić information content (AvgIpc) is 2.46. The third-order valence-corrected chi connectivity index (χ3v) is 2.59. The number of pyridine rings is 1. The number of ether oxygens (including phenoxy) is 2. The molecule has 2 aromatic rings. The Morgan fingerprint density at radius 3 is 2.42 bits per heavy atom. The van der Waals surface area contributed by atoms with Crippen molar-refractivity contribution in [2.75, 3.05) is 14.2 Å². The van der Waals surface area contributed by atoms with E-state index in [4.69, 9.17) is 4.74 Å². The van der Waals surface area contributed by atoms with Gasteiger partial charge in [0, 0.05) is 17.7 Å². The van der Waals surface area contributed by atoms with Gasteiger partial charge in [0.15, 0.2) is 5.69 Å². The molecule has 0 radical (unpaired) electrons. The predicted molar refractivity (Wildman–Crippen MR) is 69.2 cm³/mol. The number of aromatic nitrogens is 1. The van der Waals surface area contributed by atoms with Gasteiger partial charge in [-0.25, -0.2) is 9.78 Å². The van der Waals surface area contributed by atoms with Crippen LogP contribution in [-0.4, -0.2) is 30.3 Å². The average molecular weight is 259 g/mol. The van der Waals surface area contributed by atoms with Gasteiger partial charge >= 0.3 is 5.97 Å². The minimum atomic E-state index is -0.529. The van der Waals surface area contributed by atoms with Gasteiger partial charge in [0.25, 0.3) is 0 Å². The van der Waals surface area contributed by atoms with E-state index >= 15 is 0 Å². The summed E-state index contributed by atoms with van der Waals surface area (Å²) in [5, 5.41) is 9.27. The van der Waals surface area contributed by atoms with E-state index in [1.165, 1.54) is 20.3 Å². The maximum Gasteiger partial charge on any atom is 0.356 e. The number of hydrogen-bond acceptors (Lipinski definition) is 5. The van der Waals surface area contributed by atoms with Crippen molar-refractivity contribution in [2.24, 2.45) is 0 Å². The predicted octanol–water partition coefficient (Wildman–Crippen LogP) is 2.25. The molecule has 0 aliphatic rings. The second-order valence-corrected chi connectivity index (χ2v) is 3.82. The Morgan fingerprint density at radius 2 is 1.84 bits per heavy atom. The Hall–Kier alpha value is -2.56. The third kappa shape index (κ3) is 2.82. The second-order valence-electron chi connectivity index (χ2n) is 3.82. The number of esters is 1. The van der Waals surface area contributed by atoms with E-state index in [1.54, 1.807) is 30.3 Å². The zero-order valence-corrected chi connectivity index (χ0v) is 10.6. The highest BCUT2D eigenvalue weighted by molar-refractivity contribution is 5.88. The quantitative estimate of drug-likeness (QED) is 0.856.